The van der Waals surface area contributed by atoms with Gasteiger partial charge in [0.05, 0.1) is 12.1 Å². The standard InChI is InChI=1S/C11H10ClNO2/c1-6-9-7(12)4-3-5-8(9)13-10(6)11(14)15-2/h3-5,13H,1-2H3. The minimum absolute atomic E-state index is 0.375. The molecule has 1 aromatic heterocycles. The van der Waals surface area contributed by atoms with Gasteiger partial charge in [-0.15, -0.1) is 0 Å². The summed E-state index contributed by atoms with van der Waals surface area (Å²) in [4.78, 5) is 14.4. The number of esters is 1. The number of benzene rings is 1. The molecule has 1 N–H and O–H groups in total. The van der Waals surface area contributed by atoms with Crippen LogP contribution in [0.25, 0.3) is 10.9 Å². The van der Waals surface area contributed by atoms with Gasteiger partial charge in [-0.3, -0.25) is 0 Å². The molecule has 2 rings (SSSR count). The molecule has 1 aromatic carbocycles. The first-order valence-corrected chi connectivity index (χ1v) is 4.88. The number of halogens is 1. The monoisotopic (exact) mass is 223 g/mol. The number of carbonyl (C=O) groups excluding carboxylic acids is 1. The zero-order chi connectivity index (χ0) is 11.0. The van der Waals surface area contributed by atoms with Crippen molar-refractivity contribution in [3.05, 3.63) is 34.5 Å². The summed E-state index contributed by atoms with van der Waals surface area (Å²) in [7, 11) is 1.36. The van der Waals surface area contributed by atoms with Crippen LogP contribution in [0.2, 0.25) is 5.02 Å². The van der Waals surface area contributed by atoms with Crippen LogP contribution in [0.4, 0.5) is 0 Å². The summed E-state index contributed by atoms with van der Waals surface area (Å²) >= 11 is 6.05. The SMILES string of the molecule is COC(=O)c1[nH]c2cccc(Cl)c2c1C. The topological polar surface area (TPSA) is 42.1 Å². The van der Waals surface area contributed by atoms with Gasteiger partial charge in [0.25, 0.3) is 0 Å². The molecule has 0 atom stereocenters. The Morgan fingerprint density at radius 1 is 1.47 bits per heavy atom. The van der Waals surface area contributed by atoms with Crippen LogP contribution in [-0.4, -0.2) is 18.1 Å². The molecule has 4 heteroatoms. The first kappa shape index (κ1) is 10.1. The molecule has 0 aliphatic carbocycles. The normalized spacial score (nSPS) is 10.6. The van der Waals surface area contributed by atoms with Gasteiger partial charge in [-0.05, 0) is 24.6 Å². The van der Waals surface area contributed by atoms with E-state index in [1.807, 2.05) is 19.1 Å². The number of aryl methyl sites for hydroxylation is 1. The molecule has 15 heavy (non-hydrogen) atoms. The van der Waals surface area contributed by atoms with Crippen LogP contribution in [0, 0.1) is 6.92 Å². The lowest BCUT2D eigenvalue weighted by molar-refractivity contribution is 0.0594. The van der Waals surface area contributed by atoms with Gasteiger partial charge in [-0.25, -0.2) is 4.79 Å². The summed E-state index contributed by atoms with van der Waals surface area (Å²) in [6.07, 6.45) is 0. The number of hydrogen-bond donors (Lipinski definition) is 1. The average molecular weight is 224 g/mol. The molecule has 1 heterocycles. The Morgan fingerprint density at radius 3 is 2.80 bits per heavy atom. The van der Waals surface area contributed by atoms with Gasteiger partial charge < -0.3 is 9.72 Å². The molecule has 2 aromatic rings. The third-order valence-electron chi connectivity index (χ3n) is 2.41. The fourth-order valence-corrected chi connectivity index (χ4v) is 1.99. The highest BCUT2D eigenvalue weighted by atomic mass is 35.5. The van der Waals surface area contributed by atoms with Crippen LogP contribution in [0.1, 0.15) is 16.1 Å². The van der Waals surface area contributed by atoms with Gasteiger partial charge in [0, 0.05) is 10.9 Å². The first-order valence-electron chi connectivity index (χ1n) is 4.50. The van der Waals surface area contributed by atoms with E-state index >= 15 is 0 Å². The lowest BCUT2D eigenvalue weighted by Crippen LogP contribution is -2.02. The maximum absolute atomic E-state index is 11.4. The molecule has 0 bridgehead atoms. The Morgan fingerprint density at radius 2 is 2.20 bits per heavy atom. The van der Waals surface area contributed by atoms with Crippen LogP contribution in [0.5, 0.6) is 0 Å². The molecule has 0 spiro atoms. The van der Waals surface area contributed by atoms with Crippen LogP contribution in [0.3, 0.4) is 0 Å². The lowest BCUT2D eigenvalue weighted by Gasteiger charge is -1.96. The highest BCUT2D eigenvalue weighted by Gasteiger charge is 2.16. The van der Waals surface area contributed by atoms with Gasteiger partial charge >= 0.3 is 5.97 Å². The predicted octanol–water partition coefficient (Wildman–Crippen LogP) is 2.92. The lowest BCUT2D eigenvalue weighted by atomic mass is 10.1. The summed E-state index contributed by atoms with van der Waals surface area (Å²) in [5.41, 5.74) is 2.13. The Balaban J connectivity index is 2.75. The zero-order valence-corrected chi connectivity index (χ0v) is 9.18. The van der Waals surface area contributed by atoms with Crippen molar-refractivity contribution in [1.82, 2.24) is 4.98 Å². The second-order valence-corrected chi connectivity index (χ2v) is 3.69. The maximum atomic E-state index is 11.4. The zero-order valence-electron chi connectivity index (χ0n) is 8.43. The van der Waals surface area contributed by atoms with Gasteiger partial charge in [0.2, 0.25) is 0 Å². The molecule has 78 valence electrons. The molecular formula is C11H10ClNO2. The van der Waals surface area contributed by atoms with Crippen LogP contribution >= 0.6 is 11.6 Å². The van der Waals surface area contributed by atoms with Crippen molar-refractivity contribution >= 4 is 28.5 Å². The van der Waals surface area contributed by atoms with Crippen LogP contribution in [-0.2, 0) is 4.74 Å². The van der Waals surface area contributed by atoms with Gasteiger partial charge in [-0.2, -0.15) is 0 Å². The second kappa shape index (κ2) is 3.59. The largest absolute Gasteiger partial charge is 0.464 e. The van der Waals surface area contributed by atoms with Crippen molar-refractivity contribution in [3.63, 3.8) is 0 Å². The fourth-order valence-electron chi connectivity index (χ4n) is 1.67. The van der Waals surface area contributed by atoms with Crippen molar-refractivity contribution in [3.8, 4) is 0 Å². The Bertz CT molecular complexity index is 531. The van der Waals surface area contributed by atoms with Crippen molar-refractivity contribution in [2.45, 2.75) is 6.92 Å². The van der Waals surface area contributed by atoms with Crippen LogP contribution in [0.15, 0.2) is 18.2 Å². The number of nitrogens with one attached hydrogen (secondary N) is 1. The number of ether oxygens (including phenoxy) is 1. The third kappa shape index (κ3) is 1.49. The highest BCUT2D eigenvalue weighted by molar-refractivity contribution is 6.36. The van der Waals surface area contributed by atoms with E-state index in [9.17, 15) is 4.79 Å². The summed E-state index contributed by atoms with van der Waals surface area (Å²) < 4.78 is 4.67. The summed E-state index contributed by atoms with van der Waals surface area (Å²) in [5, 5.41) is 1.51. The maximum Gasteiger partial charge on any atom is 0.354 e. The third-order valence-corrected chi connectivity index (χ3v) is 2.73. The Labute approximate surface area is 92.0 Å². The van der Waals surface area contributed by atoms with E-state index in [0.29, 0.717) is 10.7 Å². The number of H-pyrrole nitrogens is 1. The summed E-state index contributed by atoms with van der Waals surface area (Å²) in [6.45, 7) is 1.84. The van der Waals surface area contributed by atoms with E-state index in [2.05, 4.69) is 9.72 Å². The molecule has 0 aliphatic rings. The molecule has 0 amide bonds. The minimum Gasteiger partial charge on any atom is -0.464 e. The van der Waals surface area contributed by atoms with E-state index in [1.165, 1.54) is 7.11 Å². The van der Waals surface area contributed by atoms with Gasteiger partial charge in [-0.1, -0.05) is 17.7 Å². The van der Waals surface area contributed by atoms with E-state index in [1.54, 1.807) is 6.07 Å². The molecule has 0 aliphatic heterocycles. The molecule has 0 radical (unpaired) electrons. The number of aromatic nitrogens is 1. The van der Waals surface area contributed by atoms with Gasteiger partial charge in [0.1, 0.15) is 5.69 Å². The number of hydrogen-bond acceptors (Lipinski definition) is 2. The van der Waals surface area contributed by atoms with Crippen molar-refractivity contribution < 1.29 is 9.53 Å². The van der Waals surface area contributed by atoms with Crippen molar-refractivity contribution in [2.24, 2.45) is 0 Å². The number of rotatable bonds is 1. The van der Waals surface area contributed by atoms with Gasteiger partial charge in [0.15, 0.2) is 0 Å². The summed E-state index contributed by atoms with van der Waals surface area (Å²) in [6, 6.07) is 5.51. The molecule has 3 nitrogen and oxygen atoms in total. The Kier molecular flexibility index (Phi) is 2.40. The molecule has 0 fully saturated rings. The molecule has 0 saturated heterocycles. The van der Waals surface area contributed by atoms with Crippen LogP contribution < -0.4 is 0 Å². The van der Waals surface area contributed by atoms with Crippen molar-refractivity contribution in [2.75, 3.05) is 7.11 Å². The van der Waals surface area contributed by atoms with E-state index in [4.69, 9.17) is 11.6 Å². The van der Waals surface area contributed by atoms with Crippen molar-refractivity contribution in [1.29, 1.82) is 0 Å². The smallest absolute Gasteiger partial charge is 0.354 e. The van der Waals surface area contributed by atoms with E-state index < -0.39 is 0 Å². The number of carbonyl (C=O) groups is 1. The molecule has 0 unspecified atom stereocenters. The van der Waals surface area contributed by atoms with E-state index in [-0.39, 0.29) is 5.97 Å². The predicted molar refractivity (Wildman–Crippen MR) is 59.4 cm³/mol. The highest BCUT2D eigenvalue weighted by Crippen LogP contribution is 2.28. The quantitative estimate of drug-likeness (QED) is 0.756. The number of aromatic amines is 1. The molecular weight excluding hydrogens is 214 g/mol. The fraction of sp³-hybridized carbons (Fsp3) is 0.182. The minimum atomic E-state index is -0.375. The summed E-state index contributed by atoms with van der Waals surface area (Å²) in [5.74, 6) is -0.375. The molecule has 0 saturated carbocycles. The number of fused-ring (bicyclic) bond motifs is 1. The average Bonchev–Trinajstić information content (AvgIpc) is 2.56. The Hall–Kier alpha value is -1.48. The second-order valence-electron chi connectivity index (χ2n) is 3.28. The number of methoxy groups -OCH3 is 1. The van der Waals surface area contributed by atoms with E-state index in [0.717, 1.165) is 16.5 Å². The first-order chi connectivity index (χ1) is 7.15.